The van der Waals surface area contributed by atoms with Crippen LogP contribution in [-0.4, -0.2) is 20.8 Å². The van der Waals surface area contributed by atoms with Gasteiger partial charge in [-0.05, 0) is 62.1 Å². The van der Waals surface area contributed by atoms with E-state index in [2.05, 4.69) is 52.1 Å². The van der Waals surface area contributed by atoms with Crippen molar-refractivity contribution in [2.75, 3.05) is 11.6 Å². The van der Waals surface area contributed by atoms with Gasteiger partial charge in [-0.3, -0.25) is 4.57 Å². The van der Waals surface area contributed by atoms with E-state index < -0.39 is 0 Å². The summed E-state index contributed by atoms with van der Waals surface area (Å²) < 4.78 is 2.13. The van der Waals surface area contributed by atoms with Crippen molar-refractivity contribution >= 4 is 45.9 Å². The van der Waals surface area contributed by atoms with Gasteiger partial charge in [0.05, 0.1) is 5.39 Å². The van der Waals surface area contributed by atoms with E-state index in [1.807, 2.05) is 36.4 Å². The first-order valence-electron chi connectivity index (χ1n) is 8.58. The molecule has 6 heteroatoms. The maximum absolute atomic E-state index is 6.21. The second kappa shape index (κ2) is 7.25. The summed E-state index contributed by atoms with van der Waals surface area (Å²) in [7, 11) is 0. The fourth-order valence-corrected chi connectivity index (χ4v) is 3.91. The molecule has 0 amide bonds. The van der Waals surface area contributed by atoms with E-state index in [9.17, 15) is 0 Å². The van der Waals surface area contributed by atoms with Gasteiger partial charge in [0.1, 0.15) is 12.1 Å². The van der Waals surface area contributed by atoms with Gasteiger partial charge in [0.15, 0.2) is 5.65 Å². The van der Waals surface area contributed by atoms with Crippen LogP contribution in [0.15, 0.2) is 59.8 Å². The Labute approximate surface area is 167 Å². The van der Waals surface area contributed by atoms with E-state index in [1.54, 1.807) is 18.1 Å². The van der Waals surface area contributed by atoms with Gasteiger partial charge >= 0.3 is 0 Å². The average molecular weight is 395 g/mol. The first kappa shape index (κ1) is 17.9. The SMILES string of the molecule is CSc1cccc(Nc2ncnc3c2c(C)c(C)n3-c2cccc(Cl)c2)c1. The summed E-state index contributed by atoms with van der Waals surface area (Å²) in [6.07, 6.45) is 3.67. The largest absolute Gasteiger partial charge is 0.340 e. The predicted octanol–water partition coefficient (Wildman–Crippen LogP) is 6.16. The van der Waals surface area contributed by atoms with Crippen LogP contribution < -0.4 is 5.32 Å². The van der Waals surface area contributed by atoms with Crippen LogP contribution in [-0.2, 0) is 0 Å². The summed E-state index contributed by atoms with van der Waals surface area (Å²) in [5, 5.41) is 5.18. The Morgan fingerprint density at radius 1 is 1.04 bits per heavy atom. The Balaban J connectivity index is 1.88. The van der Waals surface area contributed by atoms with Crippen molar-refractivity contribution in [3.63, 3.8) is 0 Å². The van der Waals surface area contributed by atoms with Crippen molar-refractivity contribution in [2.24, 2.45) is 0 Å². The predicted molar refractivity (Wildman–Crippen MR) is 115 cm³/mol. The molecule has 27 heavy (non-hydrogen) atoms. The highest BCUT2D eigenvalue weighted by Gasteiger charge is 2.18. The molecule has 0 aliphatic rings. The molecule has 0 radical (unpaired) electrons. The maximum atomic E-state index is 6.21. The molecule has 4 nitrogen and oxygen atoms in total. The van der Waals surface area contributed by atoms with Crippen molar-refractivity contribution in [1.29, 1.82) is 0 Å². The molecule has 0 aliphatic heterocycles. The molecule has 2 heterocycles. The molecule has 2 aromatic carbocycles. The Morgan fingerprint density at radius 3 is 2.63 bits per heavy atom. The molecule has 4 aromatic rings. The third kappa shape index (κ3) is 3.29. The molecule has 2 aromatic heterocycles. The molecule has 136 valence electrons. The monoisotopic (exact) mass is 394 g/mol. The van der Waals surface area contributed by atoms with Crippen LogP contribution >= 0.6 is 23.4 Å². The number of benzene rings is 2. The van der Waals surface area contributed by atoms with Crippen LogP contribution in [0.2, 0.25) is 5.02 Å². The van der Waals surface area contributed by atoms with Gasteiger partial charge in [-0.15, -0.1) is 11.8 Å². The molecular weight excluding hydrogens is 376 g/mol. The highest BCUT2D eigenvalue weighted by Crippen LogP contribution is 2.33. The maximum Gasteiger partial charge on any atom is 0.150 e. The first-order chi connectivity index (χ1) is 13.1. The number of aromatic nitrogens is 3. The van der Waals surface area contributed by atoms with Gasteiger partial charge < -0.3 is 5.32 Å². The smallest absolute Gasteiger partial charge is 0.150 e. The van der Waals surface area contributed by atoms with E-state index in [-0.39, 0.29) is 0 Å². The number of fused-ring (bicyclic) bond motifs is 1. The molecule has 0 atom stereocenters. The third-order valence-electron chi connectivity index (χ3n) is 4.69. The Kier molecular flexibility index (Phi) is 4.81. The second-order valence-electron chi connectivity index (χ2n) is 6.30. The van der Waals surface area contributed by atoms with Crippen molar-refractivity contribution in [1.82, 2.24) is 14.5 Å². The normalized spacial score (nSPS) is 11.1. The molecule has 1 N–H and O–H groups in total. The highest BCUT2D eigenvalue weighted by molar-refractivity contribution is 7.98. The molecular formula is C21H19ClN4S. The third-order valence-corrected chi connectivity index (χ3v) is 5.65. The zero-order valence-corrected chi connectivity index (χ0v) is 16.9. The summed E-state index contributed by atoms with van der Waals surface area (Å²) in [5.41, 5.74) is 5.13. The quantitative estimate of drug-likeness (QED) is 0.421. The van der Waals surface area contributed by atoms with E-state index in [1.165, 1.54) is 4.90 Å². The van der Waals surface area contributed by atoms with Crippen molar-refractivity contribution in [3.05, 3.63) is 71.1 Å². The second-order valence-corrected chi connectivity index (χ2v) is 7.62. The molecule has 0 saturated carbocycles. The fourth-order valence-electron chi connectivity index (χ4n) is 3.26. The minimum absolute atomic E-state index is 0.702. The van der Waals surface area contributed by atoms with Crippen LogP contribution in [0, 0.1) is 13.8 Å². The molecule has 4 rings (SSSR count). The van der Waals surface area contributed by atoms with Gasteiger partial charge in [0.2, 0.25) is 0 Å². The number of nitrogens with zero attached hydrogens (tertiary/aromatic N) is 3. The lowest BCUT2D eigenvalue weighted by molar-refractivity contribution is 1.01. The summed E-state index contributed by atoms with van der Waals surface area (Å²) >= 11 is 7.93. The number of anilines is 2. The lowest BCUT2D eigenvalue weighted by Crippen LogP contribution is -1.99. The van der Waals surface area contributed by atoms with Crippen LogP contribution in [0.3, 0.4) is 0 Å². The number of thioether (sulfide) groups is 1. The van der Waals surface area contributed by atoms with Crippen molar-refractivity contribution in [2.45, 2.75) is 18.7 Å². The average Bonchev–Trinajstić information content (AvgIpc) is 2.93. The number of halogens is 1. The van der Waals surface area contributed by atoms with Crippen LogP contribution in [0.25, 0.3) is 16.7 Å². The summed E-state index contributed by atoms with van der Waals surface area (Å²) in [6.45, 7) is 4.20. The molecule has 0 spiro atoms. The zero-order chi connectivity index (χ0) is 19.0. The molecule has 0 fully saturated rings. The Hall–Kier alpha value is -2.50. The van der Waals surface area contributed by atoms with Crippen LogP contribution in [0.5, 0.6) is 0 Å². The standard InChI is InChI=1S/C21H19ClN4S/c1-13-14(2)26(17-8-4-6-15(22)10-17)21-19(13)20(23-12-24-21)25-16-7-5-9-18(11-16)27-3/h4-12H,1-3H3,(H,23,24,25). The van der Waals surface area contributed by atoms with E-state index in [4.69, 9.17) is 11.6 Å². The van der Waals surface area contributed by atoms with Crippen LogP contribution in [0.4, 0.5) is 11.5 Å². The topological polar surface area (TPSA) is 42.7 Å². The van der Waals surface area contributed by atoms with Crippen molar-refractivity contribution in [3.8, 4) is 5.69 Å². The number of aryl methyl sites for hydroxylation is 1. The minimum Gasteiger partial charge on any atom is -0.340 e. The Morgan fingerprint density at radius 2 is 1.85 bits per heavy atom. The van der Waals surface area contributed by atoms with Gasteiger partial charge in [0.25, 0.3) is 0 Å². The van der Waals surface area contributed by atoms with Gasteiger partial charge in [0, 0.05) is 27.0 Å². The number of hydrogen-bond acceptors (Lipinski definition) is 4. The van der Waals surface area contributed by atoms with Gasteiger partial charge in [-0.2, -0.15) is 0 Å². The summed E-state index contributed by atoms with van der Waals surface area (Å²) in [5.74, 6) is 0.805. The zero-order valence-electron chi connectivity index (χ0n) is 15.3. The Bertz CT molecular complexity index is 1140. The molecule has 0 bridgehead atoms. The van der Waals surface area contributed by atoms with E-state index in [0.717, 1.165) is 39.5 Å². The molecule has 0 aliphatic carbocycles. The molecule has 0 unspecified atom stereocenters. The minimum atomic E-state index is 0.702. The van der Waals surface area contributed by atoms with Crippen LogP contribution in [0.1, 0.15) is 11.3 Å². The fraction of sp³-hybridized carbons (Fsp3) is 0.143. The van der Waals surface area contributed by atoms with E-state index >= 15 is 0 Å². The van der Waals surface area contributed by atoms with Gasteiger partial charge in [-0.1, -0.05) is 23.7 Å². The number of nitrogens with one attached hydrogen (secondary N) is 1. The first-order valence-corrected chi connectivity index (χ1v) is 10.2. The number of hydrogen-bond donors (Lipinski definition) is 1. The summed E-state index contributed by atoms with van der Waals surface area (Å²) in [4.78, 5) is 10.3. The van der Waals surface area contributed by atoms with E-state index in [0.29, 0.717) is 5.02 Å². The van der Waals surface area contributed by atoms with Crippen molar-refractivity contribution < 1.29 is 0 Å². The highest BCUT2D eigenvalue weighted by atomic mass is 35.5. The van der Waals surface area contributed by atoms with Gasteiger partial charge in [-0.25, -0.2) is 9.97 Å². The lowest BCUT2D eigenvalue weighted by Gasteiger charge is -2.10. The molecule has 0 saturated heterocycles. The number of rotatable bonds is 4. The summed E-state index contributed by atoms with van der Waals surface area (Å²) in [6, 6.07) is 16.1. The lowest BCUT2D eigenvalue weighted by atomic mass is 10.2.